The molecule has 3 aromatic rings. The fourth-order valence-electron chi connectivity index (χ4n) is 1.78. The zero-order chi connectivity index (χ0) is 13.1. The van der Waals surface area contributed by atoms with E-state index < -0.39 is 0 Å². The number of aromatic nitrogens is 4. The van der Waals surface area contributed by atoms with Crippen LogP contribution in [0.2, 0.25) is 0 Å². The third kappa shape index (κ3) is 2.13. The van der Waals surface area contributed by atoms with Crippen molar-refractivity contribution in [3.05, 3.63) is 60.6 Å². The van der Waals surface area contributed by atoms with Gasteiger partial charge in [0.1, 0.15) is 5.69 Å². The summed E-state index contributed by atoms with van der Waals surface area (Å²) in [5.41, 5.74) is 1.71. The van der Waals surface area contributed by atoms with Crippen LogP contribution in [0.4, 0.5) is 0 Å². The summed E-state index contributed by atoms with van der Waals surface area (Å²) in [6.45, 7) is 0. The Morgan fingerprint density at radius 2 is 1.79 bits per heavy atom. The molecule has 0 fully saturated rings. The van der Waals surface area contributed by atoms with Crippen LogP contribution in [0.5, 0.6) is 0 Å². The fraction of sp³-hybridized carbons (Fsp3) is 0. The molecule has 0 amide bonds. The van der Waals surface area contributed by atoms with Gasteiger partial charge in [0.2, 0.25) is 0 Å². The highest BCUT2D eigenvalue weighted by Gasteiger charge is 2.12. The lowest BCUT2D eigenvalue weighted by Crippen LogP contribution is -1.97. The lowest BCUT2D eigenvalue weighted by atomic mass is 10.2. The highest BCUT2D eigenvalue weighted by Crippen LogP contribution is 2.19. The number of carbonyl (C=O) groups is 1. The molecule has 0 aliphatic rings. The molecule has 0 saturated heterocycles. The normalized spacial score (nSPS) is 10.3. The third-order valence-electron chi connectivity index (χ3n) is 2.66. The smallest absolute Gasteiger partial charge is 0.153 e. The molecule has 0 bridgehead atoms. The Hall–Kier alpha value is -2.82. The van der Waals surface area contributed by atoms with Gasteiger partial charge < -0.3 is 0 Å². The molecular weight excluding hydrogens is 240 g/mol. The second-order valence-corrected chi connectivity index (χ2v) is 3.90. The van der Waals surface area contributed by atoms with Crippen LogP contribution >= 0.6 is 0 Å². The van der Waals surface area contributed by atoms with Gasteiger partial charge in [0.25, 0.3) is 0 Å². The molecule has 0 atom stereocenters. The molecule has 5 nitrogen and oxygen atoms in total. The van der Waals surface area contributed by atoms with E-state index in [-0.39, 0.29) is 0 Å². The molecule has 0 radical (unpaired) electrons. The SMILES string of the molecule is O=Cc1cn(-c2ccccn2)nc1-c1ccccn1. The molecule has 19 heavy (non-hydrogen) atoms. The van der Waals surface area contributed by atoms with Gasteiger partial charge in [-0.2, -0.15) is 5.10 Å². The van der Waals surface area contributed by atoms with Crippen molar-refractivity contribution in [1.29, 1.82) is 0 Å². The molecule has 0 saturated carbocycles. The number of pyridine rings is 2. The number of carbonyl (C=O) groups excluding carboxylic acids is 1. The summed E-state index contributed by atoms with van der Waals surface area (Å²) in [6, 6.07) is 11.0. The van der Waals surface area contributed by atoms with E-state index in [2.05, 4.69) is 15.1 Å². The van der Waals surface area contributed by atoms with E-state index in [1.165, 1.54) is 0 Å². The van der Waals surface area contributed by atoms with Crippen molar-refractivity contribution in [3.8, 4) is 17.2 Å². The first-order chi connectivity index (χ1) is 9.38. The minimum Gasteiger partial charge on any atom is -0.298 e. The van der Waals surface area contributed by atoms with Gasteiger partial charge in [-0.15, -0.1) is 0 Å². The Balaban J connectivity index is 2.12. The number of hydrogen-bond acceptors (Lipinski definition) is 4. The first-order valence-electron chi connectivity index (χ1n) is 5.76. The Morgan fingerprint density at radius 3 is 2.42 bits per heavy atom. The first kappa shape index (κ1) is 11.3. The summed E-state index contributed by atoms with van der Waals surface area (Å²) in [4.78, 5) is 19.5. The van der Waals surface area contributed by atoms with Crippen LogP contribution in [0.25, 0.3) is 17.2 Å². The molecule has 0 aliphatic heterocycles. The standard InChI is InChI=1S/C14H10N4O/c19-10-11-9-18(13-6-2-4-8-16-13)17-14(11)12-5-1-3-7-15-12/h1-10H. The van der Waals surface area contributed by atoms with E-state index in [0.29, 0.717) is 22.8 Å². The highest BCUT2D eigenvalue weighted by molar-refractivity contribution is 5.84. The van der Waals surface area contributed by atoms with Crippen LogP contribution in [0, 0.1) is 0 Å². The molecule has 3 rings (SSSR count). The van der Waals surface area contributed by atoms with Gasteiger partial charge in [-0.05, 0) is 24.3 Å². The van der Waals surface area contributed by atoms with Crippen molar-refractivity contribution in [3.63, 3.8) is 0 Å². The van der Waals surface area contributed by atoms with Crippen molar-refractivity contribution >= 4 is 6.29 Å². The van der Waals surface area contributed by atoms with Crippen LogP contribution in [0.3, 0.4) is 0 Å². The van der Waals surface area contributed by atoms with Gasteiger partial charge in [-0.1, -0.05) is 12.1 Å². The van der Waals surface area contributed by atoms with Gasteiger partial charge >= 0.3 is 0 Å². The summed E-state index contributed by atoms with van der Waals surface area (Å²) in [7, 11) is 0. The molecule has 0 aromatic carbocycles. The van der Waals surface area contributed by atoms with Gasteiger partial charge in [0.15, 0.2) is 12.1 Å². The van der Waals surface area contributed by atoms with Crippen LogP contribution in [0.15, 0.2) is 55.0 Å². The Bertz CT molecular complexity index is 692. The first-order valence-corrected chi connectivity index (χ1v) is 5.76. The summed E-state index contributed by atoms with van der Waals surface area (Å²) >= 11 is 0. The van der Waals surface area contributed by atoms with Crippen molar-refractivity contribution in [2.75, 3.05) is 0 Å². The van der Waals surface area contributed by atoms with Crippen molar-refractivity contribution < 1.29 is 4.79 Å². The van der Waals surface area contributed by atoms with Crippen molar-refractivity contribution in [2.45, 2.75) is 0 Å². The summed E-state index contributed by atoms with van der Waals surface area (Å²) < 4.78 is 1.58. The topological polar surface area (TPSA) is 60.7 Å². The fourth-order valence-corrected chi connectivity index (χ4v) is 1.78. The zero-order valence-corrected chi connectivity index (χ0v) is 9.97. The molecule has 3 heterocycles. The minimum atomic E-state index is 0.490. The minimum absolute atomic E-state index is 0.490. The number of nitrogens with zero attached hydrogens (tertiary/aromatic N) is 4. The zero-order valence-electron chi connectivity index (χ0n) is 9.97. The quantitative estimate of drug-likeness (QED) is 0.668. The van der Waals surface area contributed by atoms with E-state index >= 15 is 0 Å². The molecule has 0 unspecified atom stereocenters. The predicted octanol–water partition coefficient (Wildman–Crippen LogP) is 2.14. The van der Waals surface area contributed by atoms with Crippen molar-refractivity contribution in [1.82, 2.24) is 19.7 Å². The molecule has 92 valence electrons. The average Bonchev–Trinajstić information content (AvgIpc) is 2.93. The molecule has 0 N–H and O–H groups in total. The second-order valence-electron chi connectivity index (χ2n) is 3.90. The van der Waals surface area contributed by atoms with Gasteiger partial charge in [0.05, 0.1) is 11.3 Å². The number of rotatable bonds is 3. The Morgan fingerprint density at radius 1 is 1.00 bits per heavy atom. The highest BCUT2D eigenvalue weighted by atomic mass is 16.1. The average molecular weight is 250 g/mol. The molecule has 5 heteroatoms. The monoisotopic (exact) mass is 250 g/mol. The van der Waals surface area contributed by atoms with Gasteiger partial charge in [-0.25, -0.2) is 9.67 Å². The lowest BCUT2D eigenvalue weighted by molar-refractivity contribution is 0.112. The lowest BCUT2D eigenvalue weighted by Gasteiger charge is -1.98. The maximum Gasteiger partial charge on any atom is 0.153 e. The van der Waals surface area contributed by atoms with Crippen LogP contribution < -0.4 is 0 Å². The predicted molar refractivity (Wildman–Crippen MR) is 70.0 cm³/mol. The molecule has 0 aliphatic carbocycles. The second kappa shape index (κ2) is 4.81. The summed E-state index contributed by atoms with van der Waals surface area (Å²) in [5.74, 6) is 0.660. The molecular formula is C14H10N4O. The summed E-state index contributed by atoms with van der Waals surface area (Å²) in [5, 5.41) is 4.38. The van der Waals surface area contributed by atoms with E-state index in [1.54, 1.807) is 23.3 Å². The van der Waals surface area contributed by atoms with E-state index in [0.717, 1.165) is 6.29 Å². The van der Waals surface area contributed by atoms with E-state index in [4.69, 9.17) is 0 Å². The van der Waals surface area contributed by atoms with Crippen molar-refractivity contribution in [2.24, 2.45) is 0 Å². The Labute approximate surface area is 109 Å². The third-order valence-corrected chi connectivity index (χ3v) is 2.66. The molecule has 3 aromatic heterocycles. The summed E-state index contributed by atoms with van der Waals surface area (Å²) in [6.07, 6.45) is 5.78. The van der Waals surface area contributed by atoms with Crippen LogP contribution in [-0.4, -0.2) is 26.0 Å². The maximum atomic E-state index is 11.1. The Kier molecular flexibility index (Phi) is 2.86. The number of aldehydes is 1. The number of hydrogen-bond donors (Lipinski definition) is 0. The van der Waals surface area contributed by atoms with Gasteiger partial charge in [-0.3, -0.25) is 9.78 Å². The van der Waals surface area contributed by atoms with E-state index in [1.807, 2.05) is 36.4 Å². The van der Waals surface area contributed by atoms with Crippen LogP contribution in [-0.2, 0) is 0 Å². The van der Waals surface area contributed by atoms with Gasteiger partial charge in [0, 0.05) is 18.6 Å². The maximum absolute atomic E-state index is 11.1. The van der Waals surface area contributed by atoms with E-state index in [9.17, 15) is 4.79 Å². The largest absolute Gasteiger partial charge is 0.298 e. The van der Waals surface area contributed by atoms with Crippen LogP contribution in [0.1, 0.15) is 10.4 Å². The molecule has 0 spiro atoms.